The van der Waals surface area contributed by atoms with E-state index in [2.05, 4.69) is 20.1 Å². The van der Waals surface area contributed by atoms with Gasteiger partial charge in [0.25, 0.3) is 0 Å². The molecule has 1 aliphatic rings. The first-order valence-corrected chi connectivity index (χ1v) is 8.85. The van der Waals surface area contributed by atoms with Crippen molar-refractivity contribution in [1.29, 1.82) is 0 Å². The molecule has 8 nitrogen and oxygen atoms in total. The predicted octanol–water partition coefficient (Wildman–Crippen LogP) is 2.54. The molecule has 1 atom stereocenters. The molecule has 1 aliphatic heterocycles. The lowest BCUT2D eigenvalue weighted by atomic mass is 9.98. The average Bonchev–Trinajstić information content (AvgIpc) is 3.02. The topological polar surface area (TPSA) is 117 Å². The number of hydrazone groups is 1. The molecule has 9 heteroatoms. The Hall–Kier alpha value is -3.33. The summed E-state index contributed by atoms with van der Waals surface area (Å²) in [7, 11) is 0. The number of aromatic nitrogens is 3. The van der Waals surface area contributed by atoms with Gasteiger partial charge in [0, 0.05) is 12.1 Å². The van der Waals surface area contributed by atoms with E-state index in [0.717, 1.165) is 10.9 Å². The zero-order chi connectivity index (χ0) is 19.7. The van der Waals surface area contributed by atoms with Crippen molar-refractivity contribution in [3.8, 4) is 0 Å². The van der Waals surface area contributed by atoms with Crippen molar-refractivity contribution in [3.05, 3.63) is 48.2 Å². The van der Waals surface area contributed by atoms with Gasteiger partial charge >= 0.3 is 0 Å². The van der Waals surface area contributed by atoms with Gasteiger partial charge in [-0.2, -0.15) is 5.10 Å². The largest absolute Gasteiger partial charge is 0.383 e. The lowest BCUT2D eigenvalue weighted by Gasteiger charge is -2.25. The first kappa shape index (κ1) is 18.1. The third-order valence-corrected chi connectivity index (χ3v) is 4.93. The molecule has 1 unspecified atom stereocenters. The van der Waals surface area contributed by atoms with Crippen molar-refractivity contribution in [1.82, 2.24) is 14.5 Å². The Balaban J connectivity index is 1.72. The molecule has 28 heavy (non-hydrogen) atoms. The fourth-order valence-electron chi connectivity index (χ4n) is 3.24. The molecular weight excluding hydrogens is 361 g/mol. The molecule has 0 spiro atoms. The van der Waals surface area contributed by atoms with Gasteiger partial charge in [0.05, 0.1) is 36.5 Å². The van der Waals surface area contributed by atoms with E-state index in [0.29, 0.717) is 30.4 Å². The molecule has 1 aromatic carbocycles. The highest BCUT2D eigenvalue weighted by Crippen LogP contribution is 2.35. The molecule has 0 saturated carbocycles. The summed E-state index contributed by atoms with van der Waals surface area (Å²) in [5, 5.41) is 4.66. The summed E-state index contributed by atoms with van der Waals surface area (Å²) < 4.78 is 21.1. The number of nitrogen functional groups attached to an aromatic ring is 1. The molecule has 144 valence electrons. The highest BCUT2D eigenvalue weighted by Gasteiger charge is 2.28. The van der Waals surface area contributed by atoms with Gasteiger partial charge in [-0.3, -0.25) is 4.99 Å². The number of rotatable bonds is 5. The number of anilines is 1. The van der Waals surface area contributed by atoms with Crippen molar-refractivity contribution < 1.29 is 9.13 Å². The standard InChI is InChI=1S/C19H20FN7O/c1-11(16(26-22)6-23-15-5-3-2-4-14(15)20)27-7-13(12-8-28-9-12)17-18(21)24-10-25-19(17)27/h2-7,10-12H,8-9,22H2,1H3,(H2,21,24,25). The number of nitrogens with two attached hydrogens (primary N) is 2. The van der Waals surface area contributed by atoms with Gasteiger partial charge in [0.1, 0.15) is 29.3 Å². The van der Waals surface area contributed by atoms with E-state index in [1.165, 1.54) is 18.6 Å². The summed E-state index contributed by atoms with van der Waals surface area (Å²) in [6.45, 7) is 3.18. The number of aliphatic imine (C=N–C) groups is 1. The summed E-state index contributed by atoms with van der Waals surface area (Å²) in [6.07, 6.45) is 4.87. The third-order valence-electron chi connectivity index (χ3n) is 4.93. The number of benzene rings is 1. The minimum absolute atomic E-state index is 0.215. The van der Waals surface area contributed by atoms with Gasteiger partial charge in [0.15, 0.2) is 0 Å². The summed E-state index contributed by atoms with van der Waals surface area (Å²) in [5.74, 6) is 5.85. The van der Waals surface area contributed by atoms with E-state index in [1.807, 2.05) is 17.7 Å². The fraction of sp³-hybridized carbons (Fsp3) is 0.263. The van der Waals surface area contributed by atoms with Crippen molar-refractivity contribution >= 4 is 34.5 Å². The van der Waals surface area contributed by atoms with E-state index in [9.17, 15) is 4.39 Å². The second kappa shape index (κ2) is 7.35. The molecule has 0 bridgehead atoms. The van der Waals surface area contributed by atoms with Crippen LogP contribution in [0.2, 0.25) is 0 Å². The minimum atomic E-state index is -0.415. The molecule has 1 saturated heterocycles. The van der Waals surface area contributed by atoms with Gasteiger partial charge in [-0.15, -0.1) is 0 Å². The number of fused-ring (bicyclic) bond motifs is 1. The Morgan fingerprint density at radius 3 is 2.82 bits per heavy atom. The van der Waals surface area contributed by atoms with Gasteiger partial charge in [-0.05, 0) is 24.6 Å². The van der Waals surface area contributed by atoms with Crippen LogP contribution in [-0.4, -0.2) is 39.7 Å². The molecule has 0 aliphatic carbocycles. The summed E-state index contributed by atoms with van der Waals surface area (Å²) >= 11 is 0. The van der Waals surface area contributed by atoms with Crippen LogP contribution < -0.4 is 11.6 Å². The quantitative estimate of drug-likeness (QED) is 0.400. The van der Waals surface area contributed by atoms with Crippen LogP contribution in [0.25, 0.3) is 11.0 Å². The lowest BCUT2D eigenvalue weighted by Crippen LogP contribution is -2.25. The predicted molar refractivity (Wildman–Crippen MR) is 106 cm³/mol. The maximum atomic E-state index is 13.8. The van der Waals surface area contributed by atoms with Crippen molar-refractivity contribution in [3.63, 3.8) is 0 Å². The lowest BCUT2D eigenvalue weighted by molar-refractivity contribution is 0.00894. The zero-order valence-corrected chi connectivity index (χ0v) is 15.3. The summed E-state index contributed by atoms with van der Waals surface area (Å²) in [6, 6.07) is 5.95. The monoisotopic (exact) mass is 381 g/mol. The molecule has 0 radical (unpaired) electrons. The SMILES string of the molecule is CC(C(C=Nc1ccccc1F)=NN)n1cc(C2COC2)c2c(N)ncnc21. The zero-order valence-electron chi connectivity index (χ0n) is 15.3. The summed E-state index contributed by atoms with van der Waals surface area (Å²) in [5.41, 5.74) is 8.52. The number of hydrogen-bond acceptors (Lipinski definition) is 7. The highest BCUT2D eigenvalue weighted by atomic mass is 19.1. The molecule has 0 amide bonds. The number of para-hydroxylation sites is 1. The molecule has 1 fully saturated rings. The maximum Gasteiger partial charge on any atom is 0.148 e. The van der Waals surface area contributed by atoms with Crippen molar-refractivity contribution in [2.75, 3.05) is 18.9 Å². The Morgan fingerprint density at radius 1 is 1.36 bits per heavy atom. The van der Waals surface area contributed by atoms with Crippen LogP contribution >= 0.6 is 0 Å². The van der Waals surface area contributed by atoms with Crippen LogP contribution in [0, 0.1) is 5.82 Å². The second-order valence-electron chi connectivity index (χ2n) is 6.62. The number of hydrogen-bond donors (Lipinski definition) is 2. The van der Waals surface area contributed by atoms with Crippen LogP contribution in [-0.2, 0) is 4.74 Å². The molecule has 4 rings (SSSR count). The molecule has 3 heterocycles. The third kappa shape index (κ3) is 3.09. The fourth-order valence-corrected chi connectivity index (χ4v) is 3.24. The van der Waals surface area contributed by atoms with Gasteiger partial charge in [-0.1, -0.05) is 12.1 Å². The first-order valence-electron chi connectivity index (χ1n) is 8.85. The Morgan fingerprint density at radius 2 is 2.14 bits per heavy atom. The molecule has 4 N–H and O–H groups in total. The van der Waals surface area contributed by atoms with E-state index in [4.69, 9.17) is 16.3 Å². The smallest absolute Gasteiger partial charge is 0.148 e. The molecule has 3 aromatic rings. The maximum absolute atomic E-state index is 13.8. The normalized spacial score (nSPS) is 16.6. The minimum Gasteiger partial charge on any atom is -0.383 e. The van der Waals surface area contributed by atoms with E-state index < -0.39 is 5.82 Å². The van der Waals surface area contributed by atoms with Crippen molar-refractivity contribution in [2.24, 2.45) is 15.9 Å². The summed E-state index contributed by atoms with van der Waals surface area (Å²) in [4.78, 5) is 12.7. The van der Waals surface area contributed by atoms with E-state index in [-0.39, 0.29) is 17.6 Å². The van der Waals surface area contributed by atoms with E-state index in [1.54, 1.807) is 18.2 Å². The second-order valence-corrected chi connectivity index (χ2v) is 6.62. The number of nitrogens with zero attached hydrogens (tertiary/aromatic N) is 5. The van der Waals surface area contributed by atoms with Crippen LogP contribution in [0.15, 0.2) is 46.9 Å². The van der Waals surface area contributed by atoms with Gasteiger partial charge in [-0.25, -0.2) is 14.4 Å². The molecule has 2 aromatic heterocycles. The first-order chi connectivity index (χ1) is 13.6. The van der Waals surface area contributed by atoms with Crippen LogP contribution in [0.3, 0.4) is 0 Å². The Labute approximate surface area is 160 Å². The van der Waals surface area contributed by atoms with Crippen LogP contribution in [0.1, 0.15) is 24.4 Å². The Bertz CT molecular complexity index is 1070. The van der Waals surface area contributed by atoms with Crippen molar-refractivity contribution in [2.45, 2.75) is 18.9 Å². The highest BCUT2D eigenvalue weighted by molar-refractivity contribution is 6.32. The molecular formula is C19H20FN7O. The van der Waals surface area contributed by atoms with Crippen LogP contribution in [0.5, 0.6) is 0 Å². The number of halogens is 1. The van der Waals surface area contributed by atoms with Crippen LogP contribution in [0.4, 0.5) is 15.9 Å². The Kier molecular flexibility index (Phi) is 4.74. The number of ether oxygens (including phenoxy) is 1. The van der Waals surface area contributed by atoms with Gasteiger partial charge < -0.3 is 20.9 Å². The van der Waals surface area contributed by atoms with E-state index >= 15 is 0 Å². The average molecular weight is 381 g/mol. The van der Waals surface area contributed by atoms with Gasteiger partial charge in [0.2, 0.25) is 0 Å².